The summed E-state index contributed by atoms with van der Waals surface area (Å²) in [6.45, 7) is 0. The molecule has 1 aromatic carbocycles. The van der Waals surface area contributed by atoms with Gasteiger partial charge in [0, 0.05) is 11.3 Å². The van der Waals surface area contributed by atoms with Gasteiger partial charge in [-0.3, -0.25) is 4.79 Å². The van der Waals surface area contributed by atoms with Crippen molar-refractivity contribution in [2.45, 2.75) is 12.0 Å². The van der Waals surface area contributed by atoms with Crippen molar-refractivity contribution in [3.8, 4) is 0 Å². The lowest BCUT2D eigenvalue weighted by Crippen LogP contribution is -2.46. The van der Waals surface area contributed by atoms with Crippen LogP contribution in [0.25, 0.3) is 0 Å². The predicted molar refractivity (Wildman–Crippen MR) is 65.0 cm³/mol. The number of carbonyl (C=O) groups excluding carboxylic acids is 1. The van der Waals surface area contributed by atoms with E-state index in [-0.39, 0.29) is 5.78 Å². The van der Waals surface area contributed by atoms with Crippen LogP contribution in [0.3, 0.4) is 0 Å². The summed E-state index contributed by atoms with van der Waals surface area (Å²) in [6, 6.07) is 7.00. The second-order valence-electron chi connectivity index (χ2n) is 3.95. The number of Topliss-reactive ketones (excluding diaryl/α,β-unsaturated/α-hetero) is 1. The highest BCUT2D eigenvalue weighted by Crippen LogP contribution is 2.23. The summed E-state index contributed by atoms with van der Waals surface area (Å²) in [4.78, 5) is 12.3. The van der Waals surface area contributed by atoms with Crippen LogP contribution >= 0.6 is 0 Å². The van der Waals surface area contributed by atoms with Crippen molar-refractivity contribution >= 4 is 11.5 Å². The Morgan fingerprint density at radius 3 is 2.62 bits per heavy atom. The van der Waals surface area contributed by atoms with Gasteiger partial charge in [0.15, 0.2) is 5.78 Å². The first kappa shape index (κ1) is 10.6. The summed E-state index contributed by atoms with van der Waals surface area (Å²) in [6.07, 6.45) is 7.79. The van der Waals surface area contributed by atoms with Crippen molar-refractivity contribution < 1.29 is 4.79 Å². The van der Waals surface area contributed by atoms with E-state index in [1.807, 2.05) is 12.2 Å². The van der Waals surface area contributed by atoms with Crippen LogP contribution in [0, 0.1) is 0 Å². The van der Waals surface area contributed by atoms with Crippen molar-refractivity contribution in [1.29, 1.82) is 0 Å². The normalized spacial score (nSPS) is 23.3. The molecule has 0 saturated heterocycles. The lowest BCUT2D eigenvalue weighted by Gasteiger charge is -2.25. The molecule has 0 spiro atoms. The van der Waals surface area contributed by atoms with E-state index in [1.54, 1.807) is 36.4 Å². The van der Waals surface area contributed by atoms with Gasteiger partial charge >= 0.3 is 0 Å². The highest BCUT2D eigenvalue weighted by molar-refractivity contribution is 6.08. The topological polar surface area (TPSA) is 69.1 Å². The molecule has 0 aliphatic heterocycles. The lowest BCUT2D eigenvalue weighted by atomic mass is 9.84. The Kier molecular flexibility index (Phi) is 2.62. The lowest BCUT2D eigenvalue weighted by molar-refractivity contribution is 0.0922. The maximum Gasteiger partial charge on any atom is 0.188 e. The van der Waals surface area contributed by atoms with Gasteiger partial charge in [0.05, 0.1) is 0 Å². The smallest absolute Gasteiger partial charge is 0.188 e. The molecular weight excluding hydrogens is 200 g/mol. The van der Waals surface area contributed by atoms with Crippen LogP contribution in [-0.4, -0.2) is 11.3 Å². The van der Waals surface area contributed by atoms with Crippen LogP contribution in [0.1, 0.15) is 16.8 Å². The maximum absolute atomic E-state index is 12.3. The third-order valence-electron chi connectivity index (χ3n) is 2.72. The quantitative estimate of drug-likeness (QED) is 0.581. The highest BCUT2D eigenvalue weighted by Gasteiger charge is 2.32. The zero-order valence-electron chi connectivity index (χ0n) is 8.89. The molecule has 2 rings (SSSR count). The second-order valence-corrected chi connectivity index (χ2v) is 3.95. The van der Waals surface area contributed by atoms with E-state index in [1.165, 1.54) is 0 Å². The number of ketones is 1. The fourth-order valence-corrected chi connectivity index (χ4v) is 1.76. The van der Waals surface area contributed by atoms with E-state index in [2.05, 4.69) is 0 Å². The molecule has 0 aromatic heterocycles. The molecule has 0 amide bonds. The minimum Gasteiger partial charge on any atom is -0.398 e. The molecule has 0 saturated carbocycles. The zero-order valence-corrected chi connectivity index (χ0v) is 8.89. The summed E-state index contributed by atoms with van der Waals surface area (Å²) in [5.41, 5.74) is 11.8. The predicted octanol–water partition coefficient (Wildman–Crippen LogP) is 1.67. The van der Waals surface area contributed by atoms with E-state index in [9.17, 15) is 4.79 Å². The number of nitrogen functional groups attached to an aromatic ring is 1. The second kappa shape index (κ2) is 3.94. The van der Waals surface area contributed by atoms with Crippen LogP contribution < -0.4 is 11.5 Å². The fraction of sp³-hybridized carbons (Fsp3) is 0.154. The largest absolute Gasteiger partial charge is 0.398 e. The molecule has 1 atom stereocenters. The first-order valence-corrected chi connectivity index (χ1v) is 5.16. The molecule has 0 radical (unpaired) electrons. The Hall–Kier alpha value is -1.87. The number of para-hydroxylation sites is 1. The summed E-state index contributed by atoms with van der Waals surface area (Å²) < 4.78 is 0. The average molecular weight is 214 g/mol. The van der Waals surface area contributed by atoms with Gasteiger partial charge in [-0.05, 0) is 18.6 Å². The molecule has 1 aromatic rings. The van der Waals surface area contributed by atoms with Crippen molar-refractivity contribution in [2.75, 3.05) is 5.73 Å². The number of carbonyl (C=O) groups is 1. The molecule has 3 heteroatoms. The Morgan fingerprint density at radius 2 is 2.00 bits per heavy atom. The Morgan fingerprint density at radius 1 is 1.25 bits per heavy atom. The number of allylic oxidation sites excluding steroid dienone is 2. The van der Waals surface area contributed by atoms with E-state index >= 15 is 0 Å². The van der Waals surface area contributed by atoms with Crippen LogP contribution in [-0.2, 0) is 0 Å². The first-order chi connectivity index (χ1) is 7.63. The fourth-order valence-electron chi connectivity index (χ4n) is 1.76. The average Bonchev–Trinajstić information content (AvgIpc) is 2.30. The molecule has 4 N–H and O–H groups in total. The summed E-state index contributed by atoms with van der Waals surface area (Å²) >= 11 is 0. The van der Waals surface area contributed by atoms with Gasteiger partial charge in [-0.25, -0.2) is 0 Å². The number of anilines is 1. The Labute approximate surface area is 94.4 Å². The molecule has 82 valence electrons. The van der Waals surface area contributed by atoms with Crippen LogP contribution in [0.5, 0.6) is 0 Å². The standard InChI is InChI=1S/C13H14N2O/c14-11-7-3-2-6-10(11)12(16)13(15)8-4-1-5-9-13/h1-8H,9,14-15H2. The van der Waals surface area contributed by atoms with Gasteiger partial charge in [-0.15, -0.1) is 0 Å². The van der Waals surface area contributed by atoms with Gasteiger partial charge in [0.2, 0.25) is 0 Å². The molecule has 1 unspecified atom stereocenters. The molecule has 0 fully saturated rings. The van der Waals surface area contributed by atoms with Gasteiger partial charge in [0.1, 0.15) is 5.54 Å². The molecule has 0 bridgehead atoms. The van der Waals surface area contributed by atoms with Gasteiger partial charge in [0.25, 0.3) is 0 Å². The van der Waals surface area contributed by atoms with E-state index in [0.29, 0.717) is 17.7 Å². The number of nitrogens with two attached hydrogens (primary N) is 2. The zero-order chi connectivity index (χ0) is 11.6. The third-order valence-corrected chi connectivity index (χ3v) is 2.72. The monoisotopic (exact) mass is 214 g/mol. The number of benzene rings is 1. The van der Waals surface area contributed by atoms with Crippen molar-refractivity contribution in [3.05, 3.63) is 54.1 Å². The van der Waals surface area contributed by atoms with E-state index in [0.717, 1.165) is 0 Å². The molecule has 16 heavy (non-hydrogen) atoms. The third kappa shape index (κ3) is 1.77. The van der Waals surface area contributed by atoms with Crippen molar-refractivity contribution in [3.63, 3.8) is 0 Å². The Bertz CT molecular complexity index is 477. The Balaban J connectivity index is 2.36. The minimum atomic E-state index is -0.954. The SMILES string of the molecule is Nc1ccccc1C(=O)C1(N)C=CC=CC1. The van der Waals surface area contributed by atoms with Gasteiger partial charge in [-0.1, -0.05) is 36.4 Å². The molecule has 0 heterocycles. The van der Waals surface area contributed by atoms with Gasteiger partial charge in [-0.2, -0.15) is 0 Å². The molecule has 1 aliphatic rings. The molecule has 1 aliphatic carbocycles. The van der Waals surface area contributed by atoms with Gasteiger partial charge < -0.3 is 11.5 Å². The summed E-state index contributed by atoms with van der Waals surface area (Å²) in [5, 5.41) is 0. The first-order valence-electron chi connectivity index (χ1n) is 5.16. The van der Waals surface area contributed by atoms with Crippen LogP contribution in [0.2, 0.25) is 0 Å². The molecule has 3 nitrogen and oxygen atoms in total. The number of rotatable bonds is 2. The minimum absolute atomic E-state index is 0.133. The summed E-state index contributed by atoms with van der Waals surface area (Å²) in [5.74, 6) is -0.133. The van der Waals surface area contributed by atoms with Crippen LogP contribution in [0.4, 0.5) is 5.69 Å². The summed E-state index contributed by atoms with van der Waals surface area (Å²) in [7, 11) is 0. The molecular formula is C13H14N2O. The number of hydrogen-bond acceptors (Lipinski definition) is 3. The van der Waals surface area contributed by atoms with E-state index in [4.69, 9.17) is 11.5 Å². The maximum atomic E-state index is 12.3. The number of hydrogen-bond donors (Lipinski definition) is 2. The van der Waals surface area contributed by atoms with E-state index < -0.39 is 5.54 Å². The van der Waals surface area contributed by atoms with Crippen LogP contribution in [0.15, 0.2) is 48.6 Å². The van der Waals surface area contributed by atoms with Crippen molar-refractivity contribution in [2.24, 2.45) is 5.73 Å². The highest BCUT2D eigenvalue weighted by atomic mass is 16.1. The van der Waals surface area contributed by atoms with Crippen molar-refractivity contribution in [1.82, 2.24) is 0 Å².